The molecule has 2 rings (SSSR count). The normalized spacial score (nSPS) is 38.1. The maximum atomic E-state index is 12.1. The molecule has 2 saturated heterocycles. The molecule has 0 radical (unpaired) electrons. The number of carbonyl (C=O) groups is 5. The summed E-state index contributed by atoms with van der Waals surface area (Å²) in [6, 6.07) is 0. The van der Waals surface area contributed by atoms with Crippen LogP contribution in [-0.4, -0.2) is 120 Å². The molecule has 0 spiro atoms. The van der Waals surface area contributed by atoms with Crippen molar-refractivity contribution in [3.05, 3.63) is 0 Å². The molecular weight excluding hydrogens is 520 g/mol. The molecule has 2 aliphatic heterocycles. The van der Waals surface area contributed by atoms with Gasteiger partial charge in [-0.25, -0.2) is 0 Å². The monoisotopic (exact) mass is 558 g/mol. The summed E-state index contributed by atoms with van der Waals surface area (Å²) in [4.78, 5) is 60.0. The Kier molecular flexibility index (Phi) is 8.04. The lowest BCUT2D eigenvalue weighted by atomic mass is 9.97. The molecule has 0 amide bonds. The van der Waals surface area contributed by atoms with Gasteiger partial charge >= 0.3 is 29.8 Å². The van der Waals surface area contributed by atoms with Crippen molar-refractivity contribution in [2.45, 2.75) is 89.4 Å². The predicted molar refractivity (Wildman–Crippen MR) is 116 cm³/mol. The summed E-state index contributed by atoms with van der Waals surface area (Å²) in [5, 5.41) is 31.1. The molecular formula is C22H32O16. The highest BCUT2D eigenvalue weighted by atomic mass is 16.8. The Labute approximate surface area is 225 Å². The van der Waals surface area contributed by atoms with E-state index in [9.17, 15) is 39.3 Å². The van der Waals surface area contributed by atoms with Crippen LogP contribution in [0.25, 0.3) is 0 Å². The van der Waals surface area contributed by atoms with E-state index in [0.29, 0.717) is 0 Å². The van der Waals surface area contributed by atoms with E-state index in [1.807, 2.05) is 0 Å². The minimum absolute atomic E-state index is 0.763. The van der Waals surface area contributed by atoms with Crippen molar-refractivity contribution in [2.24, 2.45) is 0 Å². The van der Waals surface area contributed by atoms with E-state index in [-0.39, 0.29) is 0 Å². The third-order valence-corrected chi connectivity index (χ3v) is 4.97. The summed E-state index contributed by atoms with van der Waals surface area (Å²) >= 11 is 0. The average molecular weight is 559 g/mol. The molecule has 0 saturated carbocycles. The van der Waals surface area contributed by atoms with E-state index in [1.54, 1.807) is 0 Å². The second-order valence-electron chi connectivity index (χ2n) is 7.95. The molecule has 216 valence electrons. The summed E-state index contributed by atoms with van der Waals surface area (Å²) in [5.74, 6) is -9.51. The van der Waals surface area contributed by atoms with Gasteiger partial charge in [0, 0.05) is 34.6 Å². The zero-order chi connectivity index (χ0) is 34.2. The molecule has 3 N–H and O–H groups in total. The minimum atomic E-state index is -3.95. The molecule has 0 aromatic rings. The molecule has 2 aliphatic rings. The third kappa shape index (κ3) is 7.36. The van der Waals surface area contributed by atoms with Crippen LogP contribution in [0.15, 0.2) is 0 Å². The van der Waals surface area contributed by atoms with Gasteiger partial charge in [-0.1, -0.05) is 0 Å². The first-order valence-electron chi connectivity index (χ1n) is 13.9. The number of hydrogen-bond donors (Lipinski definition) is 3. The van der Waals surface area contributed by atoms with Crippen LogP contribution in [0.5, 0.6) is 0 Å². The van der Waals surface area contributed by atoms with Gasteiger partial charge in [0.05, 0.1) is 21.3 Å². The highest BCUT2D eigenvalue weighted by molar-refractivity contribution is 5.69. The highest BCUT2D eigenvalue weighted by Crippen LogP contribution is 2.40. The van der Waals surface area contributed by atoms with Gasteiger partial charge in [-0.15, -0.1) is 0 Å². The number of carbonyl (C=O) groups excluding carboxylic acids is 5. The maximum Gasteiger partial charge on any atom is 0.303 e. The molecule has 38 heavy (non-hydrogen) atoms. The van der Waals surface area contributed by atoms with Crippen LogP contribution < -0.4 is 0 Å². The molecule has 2 fully saturated rings. The van der Waals surface area contributed by atoms with E-state index in [4.69, 9.17) is 46.1 Å². The van der Waals surface area contributed by atoms with Crippen LogP contribution in [0, 0.1) is 0 Å². The summed E-state index contributed by atoms with van der Waals surface area (Å²) in [6.07, 6.45) is -18.5. The fraction of sp³-hybridized carbons (Fsp3) is 0.773. The second-order valence-corrected chi connectivity index (χ2v) is 7.95. The molecule has 0 bridgehead atoms. The van der Waals surface area contributed by atoms with Crippen molar-refractivity contribution in [1.29, 1.82) is 0 Å². The Bertz CT molecular complexity index is 1120. The van der Waals surface area contributed by atoms with Crippen molar-refractivity contribution in [3.63, 3.8) is 0 Å². The molecule has 0 unspecified atom stereocenters. The maximum absolute atomic E-state index is 12.1. The van der Waals surface area contributed by atoms with Gasteiger partial charge in [0.2, 0.25) is 12.1 Å². The average Bonchev–Trinajstić information content (AvgIpc) is 3.09. The van der Waals surface area contributed by atoms with Gasteiger partial charge in [-0.3, -0.25) is 24.0 Å². The Balaban J connectivity index is 2.87. The summed E-state index contributed by atoms with van der Waals surface area (Å²) < 4.78 is 88.8. The van der Waals surface area contributed by atoms with Crippen molar-refractivity contribution in [1.82, 2.24) is 0 Å². The molecule has 0 aromatic heterocycles. The Morgan fingerprint density at radius 3 is 1.58 bits per heavy atom. The van der Waals surface area contributed by atoms with Crippen molar-refractivity contribution < 1.29 is 85.4 Å². The number of ether oxygens (including phenoxy) is 8. The van der Waals surface area contributed by atoms with Crippen LogP contribution >= 0.6 is 0 Å². The molecule has 0 aromatic carbocycles. The van der Waals surface area contributed by atoms with Crippen molar-refractivity contribution in [3.8, 4) is 0 Å². The van der Waals surface area contributed by atoms with Crippen LogP contribution in [0.2, 0.25) is 0 Å². The molecule has 9 atom stereocenters. The first-order chi connectivity index (χ1) is 19.8. The van der Waals surface area contributed by atoms with Gasteiger partial charge in [0.15, 0.2) is 30.5 Å². The standard InChI is InChI=1S/C22H32O16/c1-9(26)31-16-14(6-23)36-21(19(34-12(4)29)18(16)33-11(3)28)38-22(8-25)20(35-13(5)30)17(32-10(2)27)15(7-24)37-22/h14-21,23-25H,6-8H2,1-5H3/t14-,15-,16-,17-,18+,19-,20+,21-,22+/m1/s1/i6D2,7D2,8D2. The number of hydrogen-bond acceptors (Lipinski definition) is 16. The lowest BCUT2D eigenvalue weighted by Crippen LogP contribution is -2.65. The number of rotatable bonds is 10. The van der Waals surface area contributed by atoms with Crippen LogP contribution in [0.4, 0.5) is 0 Å². The summed E-state index contributed by atoms with van der Waals surface area (Å²) in [5.41, 5.74) is 0. The summed E-state index contributed by atoms with van der Waals surface area (Å²) in [6.45, 7) is -6.91. The molecule has 2 heterocycles. The first kappa shape index (κ1) is 23.0. The zero-order valence-corrected chi connectivity index (χ0v) is 20.8. The van der Waals surface area contributed by atoms with E-state index in [2.05, 4.69) is 0 Å². The van der Waals surface area contributed by atoms with Gasteiger partial charge in [-0.2, -0.15) is 0 Å². The van der Waals surface area contributed by atoms with Crippen molar-refractivity contribution in [2.75, 3.05) is 19.7 Å². The third-order valence-electron chi connectivity index (χ3n) is 4.97. The number of aliphatic hydroxyl groups is 3. The van der Waals surface area contributed by atoms with Gasteiger partial charge in [-0.05, 0) is 0 Å². The Hall–Kier alpha value is -2.89. The minimum Gasteiger partial charge on any atom is -0.456 e. The van der Waals surface area contributed by atoms with Crippen LogP contribution in [0.3, 0.4) is 0 Å². The van der Waals surface area contributed by atoms with Gasteiger partial charge in [0.1, 0.15) is 18.8 Å². The van der Waals surface area contributed by atoms with Gasteiger partial charge < -0.3 is 53.2 Å². The fourth-order valence-corrected chi connectivity index (χ4v) is 3.79. The fourth-order valence-electron chi connectivity index (χ4n) is 3.79. The first-order valence-corrected chi connectivity index (χ1v) is 10.9. The molecule has 0 aliphatic carbocycles. The topological polar surface area (TPSA) is 220 Å². The SMILES string of the molecule is [2H]C([2H])(O)[C@H]1O[C@](O[C@H]2O[C@H](C([2H])([2H])O)[C@@H](OC(C)=O)[C@H](OC(C)=O)[C@H]2OC(C)=O)(C([2H])([2H])O)[C@@H](OC(C)=O)[C@@H]1OC(C)=O. The second kappa shape index (κ2) is 13.3. The Morgan fingerprint density at radius 1 is 0.684 bits per heavy atom. The van der Waals surface area contributed by atoms with Crippen molar-refractivity contribution >= 4 is 29.8 Å². The summed E-state index contributed by atoms with van der Waals surface area (Å²) in [7, 11) is 0. The Morgan fingerprint density at radius 2 is 1.13 bits per heavy atom. The van der Waals surface area contributed by atoms with E-state index in [1.165, 1.54) is 0 Å². The zero-order valence-electron chi connectivity index (χ0n) is 26.8. The van der Waals surface area contributed by atoms with E-state index < -0.39 is 104 Å². The predicted octanol–water partition coefficient (Wildman–Crippen LogP) is -2.54. The molecule has 16 heteroatoms. The van der Waals surface area contributed by atoms with Crippen LogP contribution in [0.1, 0.15) is 42.8 Å². The highest BCUT2D eigenvalue weighted by Gasteiger charge is 2.63. The van der Waals surface area contributed by atoms with E-state index in [0.717, 1.165) is 34.6 Å². The lowest BCUT2D eigenvalue weighted by molar-refractivity contribution is -0.384. The smallest absolute Gasteiger partial charge is 0.303 e. The molecule has 16 nitrogen and oxygen atoms in total. The number of esters is 5. The van der Waals surface area contributed by atoms with E-state index >= 15 is 0 Å². The van der Waals surface area contributed by atoms with Gasteiger partial charge in [0.25, 0.3) is 0 Å². The quantitative estimate of drug-likeness (QED) is 0.186. The largest absolute Gasteiger partial charge is 0.456 e. The lowest BCUT2D eigenvalue weighted by Gasteiger charge is -2.46. The van der Waals surface area contributed by atoms with Crippen LogP contribution in [-0.2, 0) is 61.9 Å².